The van der Waals surface area contributed by atoms with E-state index in [9.17, 15) is 4.79 Å². The van der Waals surface area contributed by atoms with Gasteiger partial charge in [0.15, 0.2) is 0 Å². The molecule has 32 heavy (non-hydrogen) atoms. The molecule has 0 N–H and O–H groups in total. The molecule has 0 saturated heterocycles. The molecular weight excluding hydrogens is 416 g/mol. The van der Waals surface area contributed by atoms with Gasteiger partial charge in [-0.2, -0.15) is 5.10 Å². The molecule has 1 heterocycles. The van der Waals surface area contributed by atoms with Crippen LogP contribution in [0.5, 0.6) is 0 Å². The minimum absolute atomic E-state index is 0.332. The normalized spacial score (nSPS) is 11.4. The maximum atomic E-state index is 12.7. The van der Waals surface area contributed by atoms with Crippen molar-refractivity contribution in [3.63, 3.8) is 0 Å². The third kappa shape index (κ3) is 4.63. The standard InChI is InChI=1S/C27H26N2O2S/c1-27(2,3)31-26(30)21-15-11-14-20(18-21)23-24(19-12-7-5-8-13-19)28-29(25(23)32-4)22-16-9-6-10-17-22/h5-18H,1-4H3. The van der Waals surface area contributed by atoms with Crippen LogP contribution in [0.25, 0.3) is 28.1 Å². The van der Waals surface area contributed by atoms with Crippen LogP contribution in [0.15, 0.2) is 90.0 Å². The average Bonchev–Trinajstić information content (AvgIpc) is 3.19. The minimum Gasteiger partial charge on any atom is -0.456 e. The molecule has 3 aromatic carbocycles. The summed E-state index contributed by atoms with van der Waals surface area (Å²) in [5.41, 5.74) is 4.79. The fraction of sp³-hybridized carbons (Fsp3) is 0.185. The fourth-order valence-corrected chi connectivity index (χ4v) is 4.27. The second-order valence-electron chi connectivity index (χ2n) is 8.43. The maximum Gasteiger partial charge on any atom is 0.338 e. The number of benzene rings is 3. The number of carbonyl (C=O) groups is 1. The van der Waals surface area contributed by atoms with E-state index in [1.165, 1.54) is 0 Å². The van der Waals surface area contributed by atoms with E-state index in [2.05, 4.69) is 12.1 Å². The fourth-order valence-electron chi connectivity index (χ4n) is 3.53. The summed E-state index contributed by atoms with van der Waals surface area (Å²) in [5, 5.41) is 6.02. The Morgan fingerprint density at radius 1 is 0.875 bits per heavy atom. The van der Waals surface area contributed by atoms with Crippen molar-refractivity contribution in [1.82, 2.24) is 9.78 Å². The third-order valence-corrected chi connectivity index (χ3v) is 5.63. The first-order valence-corrected chi connectivity index (χ1v) is 11.7. The number of carbonyl (C=O) groups excluding carboxylic acids is 1. The number of nitrogens with zero attached hydrogens (tertiary/aromatic N) is 2. The Morgan fingerprint density at radius 2 is 1.50 bits per heavy atom. The van der Waals surface area contributed by atoms with Crippen molar-refractivity contribution < 1.29 is 9.53 Å². The van der Waals surface area contributed by atoms with Gasteiger partial charge in [-0.05, 0) is 56.9 Å². The predicted molar refractivity (Wildman–Crippen MR) is 131 cm³/mol. The zero-order valence-electron chi connectivity index (χ0n) is 18.7. The third-order valence-electron chi connectivity index (χ3n) is 4.87. The van der Waals surface area contributed by atoms with Gasteiger partial charge in [0, 0.05) is 11.1 Å². The number of thioether (sulfide) groups is 1. The summed E-state index contributed by atoms with van der Waals surface area (Å²) in [7, 11) is 0. The number of aromatic nitrogens is 2. The predicted octanol–water partition coefficient (Wildman–Crippen LogP) is 6.88. The van der Waals surface area contributed by atoms with Gasteiger partial charge in [0.25, 0.3) is 0 Å². The van der Waals surface area contributed by atoms with Crippen LogP contribution < -0.4 is 0 Å². The number of hydrogen-bond donors (Lipinski definition) is 0. The van der Waals surface area contributed by atoms with Gasteiger partial charge >= 0.3 is 5.97 Å². The van der Waals surface area contributed by atoms with Gasteiger partial charge in [0.2, 0.25) is 0 Å². The Labute approximate surface area is 193 Å². The summed E-state index contributed by atoms with van der Waals surface area (Å²) in [6.07, 6.45) is 2.05. The largest absolute Gasteiger partial charge is 0.456 e. The Morgan fingerprint density at radius 3 is 2.12 bits per heavy atom. The highest BCUT2D eigenvalue weighted by atomic mass is 32.2. The van der Waals surface area contributed by atoms with Crippen LogP contribution in [0.4, 0.5) is 0 Å². The quantitative estimate of drug-likeness (QED) is 0.249. The number of para-hydroxylation sites is 1. The van der Waals surface area contributed by atoms with E-state index in [0.29, 0.717) is 5.56 Å². The molecule has 0 saturated carbocycles. The SMILES string of the molecule is CSc1c(-c2cccc(C(=O)OC(C)(C)C)c2)c(-c2ccccc2)nn1-c1ccccc1. The molecular formula is C27H26N2O2S. The molecule has 162 valence electrons. The molecule has 0 amide bonds. The molecule has 4 nitrogen and oxygen atoms in total. The number of rotatable bonds is 5. The molecule has 4 aromatic rings. The molecule has 0 spiro atoms. The van der Waals surface area contributed by atoms with E-state index in [4.69, 9.17) is 9.84 Å². The lowest BCUT2D eigenvalue weighted by molar-refractivity contribution is 0.00696. The molecule has 0 radical (unpaired) electrons. The van der Waals surface area contributed by atoms with E-state index >= 15 is 0 Å². The molecule has 0 bridgehead atoms. The van der Waals surface area contributed by atoms with E-state index in [-0.39, 0.29) is 5.97 Å². The maximum absolute atomic E-state index is 12.7. The van der Waals surface area contributed by atoms with Gasteiger partial charge in [-0.25, -0.2) is 9.48 Å². The second kappa shape index (κ2) is 9.05. The number of ether oxygens (including phenoxy) is 1. The van der Waals surface area contributed by atoms with Crippen molar-refractivity contribution in [1.29, 1.82) is 0 Å². The Kier molecular flexibility index (Phi) is 6.19. The van der Waals surface area contributed by atoms with Crippen LogP contribution in [0.1, 0.15) is 31.1 Å². The van der Waals surface area contributed by atoms with Crippen LogP contribution in [0.2, 0.25) is 0 Å². The molecule has 0 unspecified atom stereocenters. The van der Waals surface area contributed by atoms with Crippen molar-refractivity contribution in [2.75, 3.05) is 6.26 Å². The zero-order valence-corrected chi connectivity index (χ0v) is 19.5. The molecule has 0 aliphatic carbocycles. The highest BCUT2D eigenvalue weighted by Crippen LogP contribution is 2.40. The lowest BCUT2D eigenvalue weighted by atomic mass is 10.00. The first-order valence-electron chi connectivity index (χ1n) is 10.5. The van der Waals surface area contributed by atoms with Gasteiger partial charge in [-0.1, -0.05) is 60.7 Å². The Balaban J connectivity index is 1.91. The van der Waals surface area contributed by atoms with Crippen LogP contribution in [0.3, 0.4) is 0 Å². The van der Waals surface area contributed by atoms with Crippen molar-refractivity contribution in [3.8, 4) is 28.1 Å². The summed E-state index contributed by atoms with van der Waals surface area (Å²) in [6.45, 7) is 5.62. The summed E-state index contributed by atoms with van der Waals surface area (Å²) < 4.78 is 7.57. The lowest BCUT2D eigenvalue weighted by Crippen LogP contribution is -2.23. The Hall–Kier alpha value is -3.31. The van der Waals surface area contributed by atoms with Crippen molar-refractivity contribution >= 4 is 17.7 Å². The topological polar surface area (TPSA) is 44.1 Å². The molecule has 4 rings (SSSR count). The summed E-state index contributed by atoms with van der Waals surface area (Å²) >= 11 is 1.64. The van der Waals surface area contributed by atoms with Gasteiger partial charge in [0.1, 0.15) is 16.3 Å². The first-order chi connectivity index (χ1) is 15.4. The monoisotopic (exact) mass is 442 g/mol. The second-order valence-corrected chi connectivity index (χ2v) is 9.22. The van der Waals surface area contributed by atoms with Crippen molar-refractivity contribution in [2.24, 2.45) is 0 Å². The van der Waals surface area contributed by atoms with E-state index < -0.39 is 5.60 Å². The van der Waals surface area contributed by atoms with Crippen molar-refractivity contribution in [3.05, 3.63) is 90.5 Å². The molecule has 0 fully saturated rings. The molecule has 0 atom stereocenters. The van der Waals surface area contributed by atoms with Gasteiger partial charge in [-0.3, -0.25) is 0 Å². The minimum atomic E-state index is -0.551. The van der Waals surface area contributed by atoms with E-state index in [1.807, 2.05) is 98.4 Å². The van der Waals surface area contributed by atoms with Crippen LogP contribution >= 0.6 is 11.8 Å². The average molecular weight is 443 g/mol. The summed E-state index contributed by atoms with van der Waals surface area (Å²) in [6, 6.07) is 27.8. The Bertz CT molecular complexity index is 1230. The first kappa shape index (κ1) is 21.9. The molecule has 5 heteroatoms. The van der Waals surface area contributed by atoms with Crippen molar-refractivity contribution in [2.45, 2.75) is 31.4 Å². The zero-order chi connectivity index (χ0) is 22.7. The lowest BCUT2D eigenvalue weighted by Gasteiger charge is -2.19. The van der Waals surface area contributed by atoms with Gasteiger partial charge in [0.05, 0.1) is 11.3 Å². The molecule has 0 aliphatic heterocycles. The number of esters is 1. The smallest absolute Gasteiger partial charge is 0.338 e. The van der Waals surface area contributed by atoms with Gasteiger partial charge in [-0.15, -0.1) is 11.8 Å². The van der Waals surface area contributed by atoms with Crippen LogP contribution in [-0.2, 0) is 4.74 Å². The number of hydrogen-bond acceptors (Lipinski definition) is 4. The highest BCUT2D eigenvalue weighted by molar-refractivity contribution is 7.98. The van der Waals surface area contributed by atoms with Crippen LogP contribution in [0, 0.1) is 0 Å². The summed E-state index contributed by atoms with van der Waals surface area (Å²) in [4.78, 5) is 12.7. The highest BCUT2D eigenvalue weighted by Gasteiger charge is 2.23. The van der Waals surface area contributed by atoms with E-state index in [1.54, 1.807) is 17.8 Å². The summed E-state index contributed by atoms with van der Waals surface area (Å²) in [5.74, 6) is -0.332. The van der Waals surface area contributed by atoms with E-state index in [0.717, 1.165) is 33.1 Å². The molecule has 1 aromatic heterocycles. The molecule has 0 aliphatic rings. The van der Waals surface area contributed by atoms with Crippen LogP contribution in [-0.4, -0.2) is 27.6 Å². The van der Waals surface area contributed by atoms with Gasteiger partial charge < -0.3 is 4.74 Å².